The van der Waals surface area contributed by atoms with E-state index in [2.05, 4.69) is 72.6 Å². The molecule has 2 heteroatoms. The van der Waals surface area contributed by atoms with E-state index in [1.54, 1.807) is 0 Å². The Labute approximate surface area is 107 Å². The van der Waals surface area contributed by atoms with Crippen molar-refractivity contribution in [3.05, 3.63) is 54.7 Å². The third kappa shape index (κ3) is 1.66. The number of aromatic amines is 1. The number of hydrogen-bond donors (Lipinski definition) is 1. The summed E-state index contributed by atoms with van der Waals surface area (Å²) in [7, 11) is 4.13. The van der Waals surface area contributed by atoms with Crippen molar-refractivity contribution in [1.82, 2.24) is 4.98 Å². The first-order valence-corrected chi connectivity index (χ1v) is 6.10. The zero-order chi connectivity index (χ0) is 12.5. The molecule has 0 fully saturated rings. The van der Waals surface area contributed by atoms with Gasteiger partial charge in [0.1, 0.15) is 0 Å². The Balaban J connectivity index is 2.26. The molecular weight excluding hydrogens is 220 g/mol. The molecule has 0 aliphatic heterocycles. The number of fused-ring (bicyclic) bond motifs is 1. The lowest BCUT2D eigenvalue weighted by atomic mass is 10.0. The normalized spacial score (nSPS) is 10.8. The maximum atomic E-state index is 3.39. The third-order valence-electron chi connectivity index (χ3n) is 3.26. The summed E-state index contributed by atoms with van der Waals surface area (Å²) in [5, 5.41) is 1.27. The summed E-state index contributed by atoms with van der Waals surface area (Å²) in [6.07, 6.45) is 2.07. The van der Waals surface area contributed by atoms with E-state index in [1.165, 1.54) is 27.7 Å². The molecule has 2 nitrogen and oxygen atoms in total. The van der Waals surface area contributed by atoms with Crippen LogP contribution in [0.5, 0.6) is 0 Å². The molecule has 0 spiro atoms. The summed E-state index contributed by atoms with van der Waals surface area (Å²) in [5.74, 6) is 0. The quantitative estimate of drug-likeness (QED) is 0.715. The van der Waals surface area contributed by atoms with Crippen molar-refractivity contribution in [3.63, 3.8) is 0 Å². The molecule has 1 heterocycles. The lowest BCUT2D eigenvalue weighted by Gasteiger charge is -2.10. The summed E-state index contributed by atoms with van der Waals surface area (Å²) in [4.78, 5) is 5.53. The molecule has 3 rings (SSSR count). The van der Waals surface area contributed by atoms with E-state index in [0.717, 1.165) is 0 Å². The Hall–Kier alpha value is -2.22. The average Bonchev–Trinajstić information content (AvgIpc) is 2.83. The monoisotopic (exact) mass is 236 g/mol. The molecule has 2 aromatic carbocycles. The first-order valence-electron chi connectivity index (χ1n) is 6.10. The highest BCUT2D eigenvalue weighted by molar-refractivity contribution is 6.01. The van der Waals surface area contributed by atoms with Gasteiger partial charge in [0.25, 0.3) is 0 Å². The minimum atomic E-state index is 1.20. The van der Waals surface area contributed by atoms with Crippen LogP contribution < -0.4 is 4.90 Å². The molecule has 1 N–H and O–H groups in total. The van der Waals surface area contributed by atoms with Gasteiger partial charge in [-0.15, -0.1) is 0 Å². The van der Waals surface area contributed by atoms with Crippen molar-refractivity contribution >= 4 is 16.6 Å². The standard InChI is InChI=1S/C16H16N2/c1-18(2)15-11-17-16-13(9-6-10-14(15)16)12-7-4-3-5-8-12/h3-11,17H,1-2H3. The predicted octanol–water partition coefficient (Wildman–Crippen LogP) is 3.90. The number of hydrogen-bond acceptors (Lipinski definition) is 1. The van der Waals surface area contributed by atoms with Crippen molar-refractivity contribution < 1.29 is 0 Å². The highest BCUT2D eigenvalue weighted by atomic mass is 15.1. The Morgan fingerprint density at radius 2 is 1.67 bits per heavy atom. The Morgan fingerprint density at radius 3 is 2.39 bits per heavy atom. The molecule has 90 valence electrons. The van der Waals surface area contributed by atoms with Gasteiger partial charge in [-0.2, -0.15) is 0 Å². The van der Waals surface area contributed by atoms with Gasteiger partial charge in [-0.1, -0.05) is 48.5 Å². The van der Waals surface area contributed by atoms with Crippen LogP contribution in [-0.4, -0.2) is 19.1 Å². The Kier molecular flexibility index (Phi) is 2.56. The van der Waals surface area contributed by atoms with E-state index in [-0.39, 0.29) is 0 Å². The average molecular weight is 236 g/mol. The van der Waals surface area contributed by atoms with Crippen LogP contribution in [-0.2, 0) is 0 Å². The summed E-state index contributed by atoms with van der Waals surface area (Å²) >= 11 is 0. The SMILES string of the molecule is CN(C)c1c[nH]c2c(-c3ccccc3)cccc12. The van der Waals surface area contributed by atoms with Crippen LogP contribution in [0.4, 0.5) is 5.69 Å². The van der Waals surface area contributed by atoms with Crippen molar-refractivity contribution in [2.45, 2.75) is 0 Å². The van der Waals surface area contributed by atoms with Crippen LogP contribution in [0.2, 0.25) is 0 Å². The third-order valence-corrected chi connectivity index (χ3v) is 3.26. The van der Waals surface area contributed by atoms with E-state index >= 15 is 0 Å². The highest BCUT2D eigenvalue weighted by Crippen LogP contribution is 2.32. The minimum Gasteiger partial charge on any atom is -0.376 e. The van der Waals surface area contributed by atoms with Crippen LogP contribution >= 0.6 is 0 Å². The fraction of sp³-hybridized carbons (Fsp3) is 0.125. The Bertz CT molecular complexity index is 666. The molecule has 0 radical (unpaired) electrons. The van der Waals surface area contributed by atoms with Crippen LogP contribution in [0.25, 0.3) is 22.0 Å². The molecule has 18 heavy (non-hydrogen) atoms. The molecule has 0 unspecified atom stereocenters. The van der Waals surface area contributed by atoms with Gasteiger partial charge in [0, 0.05) is 31.2 Å². The smallest absolute Gasteiger partial charge is 0.0618 e. The van der Waals surface area contributed by atoms with Gasteiger partial charge in [-0.25, -0.2) is 0 Å². The maximum absolute atomic E-state index is 3.39. The zero-order valence-corrected chi connectivity index (χ0v) is 10.6. The Morgan fingerprint density at radius 1 is 0.889 bits per heavy atom. The second-order valence-electron chi connectivity index (χ2n) is 4.66. The van der Waals surface area contributed by atoms with E-state index in [9.17, 15) is 0 Å². The van der Waals surface area contributed by atoms with E-state index in [4.69, 9.17) is 0 Å². The lowest BCUT2D eigenvalue weighted by Crippen LogP contribution is -2.07. The van der Waals surface area contributed by atoms with Crippen LogP contribution in [0.15, 0.2) is 54.7 Å². The fourth-order valence-corrected chi connectivity index (χ4v) is 2.37. The van der Waals surface area contributed by atoms with Gasteiger partial charge >= 0.3 is 0 Å². The summed E-state index contributed by atoms with van der Waals surface area (Å²) in [6.45, 7) is 0. The second kappa shape index (κ2) is 4.22. The first-order chi connectivity index (χ1) is 8.77. The molecule has 0 aliphatic carbocycles. The number of benzene rings is 2. The number of rotatable bonds is 2. The number of para-hydroxylation sites is 1. The van der Waals surface area contributed by atoms with Crippen LogP contribution in [0.1, 0.15) is 0 Å². The van der Waals surface area contributed by atoms with Gasteiger partial charge in [0.2, 0.25) is 0 Å². The number of anilines is 1. The topological polar surface area (TPSA) is 19.0 Å². The van der Waals surface area contributed by atoms with Crippen molar-refractivity contribution in [2.75, 3.05) is 19.0 Å². The first kappa shape index (κ1) is 10.9. The van der Waals surface area contributed by atoms with Gasteiger partial charge in [0.15, 0.2) is 0 Å². The molecule has 0 amide bonds. The summed E-state index contributed by atoms with van der Waals surface area (Å²) in [5.41, 5.74) is 4.92. The molecule has 0 aliphatic rings. The van der Waals surface area contributed by atoms with Crippen LogP contribution in [0.3, 0.4) is 0 Å². The van der Waals surface area contributed by atoms with Gasteiger partial charge in [-0.05, 0) is 5.56 Å². The number of nitrogens with one attached hydrogen (secondary N) is 1. The molecule has 3 aromatic rings. The number of H-pyrrole nitrogens is 1. The second-order valence-corrected chi connectivity index (χ2v) is 4.66. The molecule has 0 saturated carbocycles. The van der Waals surface area contributed by atoms with Crippen molar-refractivity contribution in [2.24, 2.45) is 0 Å². The summed E-state index contributed by atoms with van der Waals surface area (Å²) in [6, 6.07) is 16.9. The lowest BCUT2D eigenvalue weighted by molar-refractivity contribution is 1.14. The maximum Gasteiger partial charge on any atom is 0.0618 e. The number of aromatic nitrogens is 1. The van der Waals surface area contributed by atoms with Gasteiger partial charge in [-0.3, -0.25) is 0 Å². The molecule has 0 atom stereocenters. The van der Waals surface area contributed by atoms with Crippen LogP contribution in [0, 0.1) is 0 Å². The van der Waals surface area contributed by atoms with E-state index < -0.39 is 0 Å². The highest BCUT2D eigenvalue weighted by Gasteiger charge is 2.09. The molecular formula is C16H16N2. The van der Waals surface area contributed by atoms with E-state index in [0.29, 0.717) is 0 Å². The minimum absolute atomic E-state index is 1.20. The van der Waals surface area contributed by atoms with Gasteiger partial charge < -0.3 is 9.88 Å². The predicted molar refractivity (Wildman–Crippen MR) is 78.1 cm³/mol. The van der Waals surface area contributed by atoms with E-state index in [1.807, 2.05) is 6.07 Å². The van der Waals surface area contributed by atoms with Crippen molar-refractivity contribution in [1.29, 1.82) is 0 Å². The zero-order valence-electron chi connectivity index (χ0n) is 10.6. The van der Waals surface area contributed by atoms with Crippen molar-refractivity contribution in [3.8, 4) is 11.1 Å². The number of nitrogens with zero attached hydrogens (tertiary/aromatic N) is 1. The largest absolute Gasteiger partial charge is 0.376 e. The molecule has 0 bridgehead atoms. The molecule has 1 aromatic heterocycles. The molecule has 0 saturated heterocycles. The fourth-order valence-electron chi connectivity index (χ4n) is 2.37. The van der Waals surface area contributed by atoms with Gasteiger partial charge in [0.05, 0.1) is 11.2 Å². The summed E-state index contributed by atoms with van der Waals surface area (Å²) < 4.78 is 0.